The molecule has 0 aromatic heterocycles. The summed E-state index contributed by atoms with van der Waals surface area (Å²) in [4.78, 5) is 11.3. The third-order valence-electron chi connectivity index (χ3n) is 2.75. The lowest BCUT2D eigenvalue weighted by Crippen LogP contribution is -2.00. The molecule has 0 unspecified atom stereocenters. The lowest BCUT2D eigenvalue weighted by molar-refractivity contribution is -0.130. The van der Waals surface area contributed by atoms with Crippen molar-refractivity contribution >= 4 is 17.6 Å². The maximum atomic E-state index is 13.2. The summed E-state index contributed by atoms with van der Waals surface area (Å²) in [6, 6.07) is 13.0. The number of aliphatic carboxylic acids is 1. The van der Waals surface area contributed by atoms with E-state index in [0.717, 1.165) is 11.1 Å². The summed E-state index contributed by atoms with van der Waals surface area (Å²) in [7, 11) is 0. The number of carboxylic acid groups (broad SMARTS) is 1. The summed E-state index contributed by atoms with van der Waals surface area (Å²) in [5.41, 5.74) is 2.29. The Morgan fingerprint density at radius 2 is 1.84 bits per heavy atom. The molecule has 0 amide bonds. The molecular weight excluding hydrogens is 243 g/mol. The lowest BCUT2D eigenvalue weighted by Gasteiger charge is -2.04. The van der Waals surface area contributed by atoms with Gasteiger partial charge in [-0.1, -0.05) is 42.0 Å². The Morgan fingerprint density at radius 1 is 1.16 bits per heavy atom. The molecule has 0 aliphatic heterocycles. The van der Waals surface area contributed by atoms with Crippen molar-refractivity contribution in [2.45, 2.75) is 6.92 Å². The molecule has 0 atom stereocenters. The minimum absolute atomic E-state index is 0.0725. The van der Waals surface area contributed by atoms with E-state index in [1.165, 1.54) is 24.3 Å². The molecule has 0 saturated heterocycles. The number of carbonyl (C=O) groups is 1. The second kappa shape index (κ2) is 5.48. The van der Waals surface area contributed by atoms with Gasteiger partial charge in [-0.05, 0) is 36.3 Å². The molecule has 0 heterocycles. The van der Waals surface area contributed by atoms with Crippen molar-refractivity contribution in [1.82, 2.24) is 0 Å². The van der Waals surface area contributed by atoms with Crippen molar-refractivity contribution in [2.75, 3.05) is 0 Å². The standard InChI is InChI=1S/C16H13FO2/c1-11-5-7-12(8-6-11)9-15(16(18)19)13-3-2-4-14(17)10-13/h2-10H,1H3,(H,18,19)/b15-9+. The molecule has 19 heavy (non-hydrogen) atoms. The predicted octanol–water partition coefficient (Wildman–Crippen LogP) is 3.76. The molecule has 2 aromatic carbocycles. The number of hydrogen-bond donors (Lipinski definition) is 1. The molecule has 0 aliphatic rings. The van der Waals surface area contributed by atoms with Gasteiger partial charge in [-0.3, -0.25) is 0 Å². The van der Waals surface area contributed by atoms with Gasteiger partial charge < -0.3 is 5.11 Å². The lowest BCUT2D eigenvalue weighted by atomic mass is 10.0. The number of aryl methyl sites for hydroxylation is 1. The van der Waals surface area contributed by atoms with Gasteiger partial charge in [0.05, 0.1) is 5.57 Å². The van der Waals surface area contributed by atoms with E-state index in [1.54, 1.807) is 6.07 Å². The van der Waals surface area contributed by atoms with E-state index in [-0.39, 0.29) is 5.57 Å². The summed E-state index contributed by atoms with van der Waals surface area (Å²) in [5.74, 6) is -1.53. The predicted molar refractivity (Wildman–Crippen MR) is 73.1 cm³/mol. The van der Waals surface area contributed by atoms with E-state index in [0.29, 0.717) is 5.56 Å². The van der Waals surface area contributed by atoms with Crippen LogP contribution in [0.1, 0.15) is 16.7 Å². The molecular formula is C16H13FO2. The molecule has 96 valence electrons. The molecule has 2 nitrogen and oxygen atoms in total. The topological polar surface area (TPSA) is 37.3 Å². The first-order chi connectivity index (χ1) is 9.06. The monoisotopic (exact) mass is 256 g/mol. The van der Waals surface area contributed by atoms with Gasteiger partial charge in [0.1, 0.15) is 5.82 Å². The maximum Gasteiger partial charge on any atom is 0.336 e. The SMILES string of the molecule is Cc1ccc(/C=C(/C(=O)O)c2cccc(F)c2)cc1. The van der Waals surface area contributed by atoms with Crippen molar-refractivity contribution in [3.8, 4) is 0 Å². The Hall–Kier alpha value is -2.42. The van der Waals surface area contributed by atoms with Gasteiger partial charge in [-0.2, -0.15) is 0 Å². The van der Waals surface area contributed by atoms with Crippen LogP contribution in [0.3, 0.4) is 0 Å². The van der Waals surface area contributed by atoms with Gasteiger partial charge in [-0.25, -0.2) is 9.18 Å². The molecule has 1 N–H and O–H groups in total. The number of hydrogen-bond acceptors (Lipinski definition) is 1. The van der Waals surface area contributed by atoms with Crippen LogP contribution in [-0.4, -0.2) is 11.1 Å². The zero-order valence-electron chi connectivity index (χ0n) is 10.4. The van der Waals surface area contributed by atoms with Crippen LogP contribution in [0.4, 0.5) is 4.39 Å². The number of benzene rings is 2. The minimum Gasteiger partial charge on any atom is -0.478 e. The Labute approximate surface area is 110 Å². The largest absolute Gasteiger partial charge is 0.478 e. The highest BCUT2D eigenvalue weighted by Gasteiger charge is 2.11. The molecule has 0 saturated carbocycles. The van der Waals surface area contributed by atoms with Crippen LogP contribution >= 0.6 is 0 Å². The summed E-state index contributed by atoms with van der Waals surface area (Å²) in [6.07, 6.45) is 1.54. The number of halogens is 1. The molecule has 0 bridgehead atoms. The van der Waals surface area contributed by atoms with Crippen LogP contribution in [0.15, 0.2) is 48.5 Å². The zero-order valence-corrected chi connectivity index (χ0v) is 10.4. The second-order valence-electron chi connectivity index (χ2n) is 4.28. The Balaban J connectivity index is 2.46. The van der Waals surface area contributed by atoms with Crippen molar-refractivity contribution < 1.29 is 14.3 Å². The first kappa shape index (κ1) is 13.0. The van der Waals surface area contributed by atoms with Gasteiger partial charge in [0, 0.05) is 0 Å². The first-order valence-electron chi connectivity index (χ1n) is 5.84. The van der Waals surface area contributed by atoms with Crippen molar-refractivity contribution in [2.24, 2.45) is 0 Å². The fourth-order valence-electron chi connectivity index (χ4n) is 1.75. The fourth-order valence-corrected chi connectivity index (χ4v) is 1.75. The second-order valence-corrected chi connectivity index (χ2v) is 4.28. The van der Waals surface area contributed by atoms with E-state index in [9.17, 15) is 14.3 Å². The van der Waals surface area contributed by atoms with Gasteiger partial charge in [0.25, 0.3) is 0 Å². The van der Waals surface area contributed by atoms with Crippen LogP contribution in [0.2, 0.25) is 0 Å². The third-order valence-corrected chi connectivity index (χ3v) is 2.75. The van der Waals surface area contributed by atoms with Gasteiger partial charge in [0.2, 0.25) is 0 Å². The summed E-state index contributed by atoms with van der Waals surface area (Å²) < 4.78 is 13.2. The van der Waals surface area contributed by atoms with Gasteiger partial charge >= 0.3 is 5.97 Å². The van der Waals surface area contributed by atoms with Gasteiger partial charge in [-0.15, -0.1) is 0 Å². The Bertz CT molecular complexity index is 627. The highest BCUT2D eigenvalue weighted by molar-refractivity contribution is 6.20. The molecule has 2 rings (SSSR count). The number of rotatable bonds is 3. The smallest absolute Gasteiger partial charge is 0.336 e. The average Bonchev–Trinajstić information content (AvgIpc) is 2.37. The molecule has 3 heteroatoms. The van der Waals surface area contributed by atoms with Crippen LogP contribution in [0, 0.1) is 12.7 Å². The minimum atomic E-state index is -1.08. The molecule has 0 spiro atoms. The summed E-state index contributed by atoms with van der Waals surface area (Å²) in [5, 5.41) is 9.24. The van der Waals surface area contributed by atoms with E-state index in [2.05, 4.69) is 0 Å². The normalized spacial score (nSPS) is 11.4. The van der Waals surface area contributed by atoms with Crippen LogP contribution in [0.25, 0.3) is 11.6 Å². The van der Waals surface area contributed by atoms with Gasteiger partial charge in [0.15, 0.2) is 0 Å². The van der Waals surface area contributed by atoms with Crippen LogP contribution in [0.5, 0.6) is 0 Å². The molecule has 2 aromatic rings. The van der Waals surface area contributed by atoms with Crippen LogP contribution in [-0.2, 0) is 4.79 Å². The van der Waals surface area contributed by atoms with E-state index >= 15 is 0 Å². The third kappa shape index (κ3) is 3.28. The van der Waals surface area contributed by atoms with Crippen molar-refractivity contribution in [1.29, 1.82) is 0 Å². The Kier molecular flexibility index (Phi) is 3.76. The van der Waals surface area contributed by atoms with Crippen molar-refractivity contribution in [3.63, 3.8) is 0 Å². The highest BCUT2D eigenvalue weighted by Crippen LogP contribution is 2.19. The highest BCUT2D eigenvalue weighted by atomic mass is 19.1. The first-order valence-corrected chi connectivity index (χ1v) is 5.84. The maximum absolute atomic E-state index is 13.2. The Morgan fingerprint density at radius 3 is 2.42 bits per heavy atom. The van der Waals surface area contributed by atoms with E-state index in [1.807, 2.05) is 31.2 Å². The summed E-state index contributed by atoms with van der Waals surface area (Å²) in [6.45, 7) is 1.96. The summed E-state index contributed by atoms with van der Waals surface area (Å²) >= 11 is 0. The molecule has 0 radical (unpaired) electrons. The zero-order chi connectivity index (χ0) is 13.8. The van der Waals surface area contributed by atoms with Crippen molar-refractivity contribution in [3.05, 3.63) is 71.0 Å². The van der Waals surface area contributed by atoms with E-state index in [4.69, 9.17) is 0 Å². The molecule has 0 fully saturated rings. The quantitative estimate of drug-likeness (QED) is 0.670. The number of carboxylic acids is 1. The average molecular weight is 256 g/mol. The van der Waals surface area contributed by atoms with Crippen LogP contribution < -0.4 is 0 Å². The van der Waals surface area contributed by atoms with E-state index < -0.39 is 11.8 Å². The fraction of sp³-hybridized carbons (Fsp3) is 0.0625. The molecule has 0 aliphatic carbocycles.